The Morgan fingerprint density at radius 3 is 2.74 bits per heavy atom. The Morgan fingerprint density at radius 2 is 1.89 bits per heavy atom. The highest BCUT2D eigenvalue weighted by Crippen LogP contribution is 2.24. The Labute approximate surface area is 201 Å². The maximum absolute atomic E-state index is 14.9. The molecule has 0 bridgehead atoms. The molecular formula is C27H23FN6O. The van der Waals surface area contributed by atoms with Crippen LogP contribution in [0.15, 0.2) is 66.9 Å². The molecular weight excluding hydrogens is 443 g/mol. The van der Waals surface area contributed by atoms with Crippen molar-refractivity contribution in [2.24, 2.45) is 0 Å². The quantitative estimate of drug-likeness (QED) is 0.398. The monoisotopic (exact) mass is 466 g/mol. The van der Waals surface area contributed by atoms with Crippen molar-refractivity contribution >= 4 is 28.0 Å². The Kier molecular flexibility index (Phi) is 5.41. The van der Waals surface area contributed by atoms with Crippen LogP contribution in [-0.4, -0.2) is 36.9 Å². The zero-order valence-electron chi connectivity index (χ0n) is 19.0. The molecule has 1 fully saturated rings. The number of carbonyl (C=O) groups is 1. The highest BCUT2D eigenvalue weighted by Gasteiger charge is 2.20. The zero-order valence-corrected chi connectivity index (χ0v) is 19.0. The van der Waals surface area contributed by atoms with E-state index in [1.165, 1.54) is 12.1 Å². The number of carbonyl (C=O) groups excluding carboxylic acids is 1. The summed E-state index contributed by atoms with van der Waals surface area (Å²) in [6.45, 7) is 0.492. The van der Waals surface area contributed by atoms with Gasteiger partial charge in [0.1, 0.15) is 11.3 Å². The first-order chi connectivity index (χ1) is 17.1. The number of hydrogen-bond donors (Lipinski definition) is 1. The van der Waals surface area contributed by atoms with E-state index >= 15 is 0 Å². The van der Waals surface area contributed by atoms with Crippen LogP contribution in [0.4, 0.5) is 4.39 Å². The number of hydrogen-bond acceptors (Lipinski definition) is 5. The molecule has 0 atom stereocenters. The number of aromatic nitrogens is 5. The summed E-state index contributed by atoms with van der Waals surface area (Å²) in [6, 6.07) is 18.4. The molecule has 1 saturated carbocycles. The fraction of sp³-hybridized carbons (Fsp3) is 0.222. The van der Waals surface area contributed by atoms with Gasteiger partial charge in [-0.2, -0.15) is 0 Å². The molecule has 0 aliphatic heterocycles. The van der Waals surface area contributed by atoms with E-state index in [9.17, 15) is 9.18 Å². The maximum Gasteiger partial charge on any atom is 0.254 e. The minimum absolute atomic E-state index is 0.0548. The molecule has 0 spiro atoms. The van der Waals surface area contributed by atoms with Gasteiger partial charge in [-0.3, -0.25) is 9.78 Å². The van der Waals surface area contributed by atoms with Gasteiger partial charge in [-0.1, -0.05) is 36.3 Å². The number of pyridine rings is 2. The molecule has 0 unspecified atom stereocenters. The number of nitrogens with zero attached hydrogens (tertiary/aromatic N) is 5. The van der Waals surface area contributed by atoms with Crippen molar-refractivity contribution in [2.45, 2.75) is 38.3 Å². The van der Waals surface area contributed by atoms with E-state index < -0.39 is 5.82 Å². The van der Waals surface area contributed by atoms with Crippen LogP contribution in [-0.2, 0) is 6.54 Å². The lowest BCUT2D eigenvalue weighted by molar-refractivity contribution is 0.0934. The number of nitrogens with one attached hydrogen (secondary N) is 1. The third-order valence-electron chi connectivity index (χ3n) is 6.56. The van der Waals surface area contributed by atoms with E-state index in [0.717, 1.165) is 42.1 Å². The van der Waals surface area contributed by atoms with Crippen LogP contribution >= 0.6 is 0 Å². The fourth-order valence-corrected chi connectivity index (χ4v) is 4.71. The van der Waals surface area contributed by atoms with Crippen LogP contribution in [0.3, 0.4) is 0 Å². The van der Waals surface area contributed by atoms with Gasteiger partial charge in [0.25, 0.3) is 5.91 Å². The molecule has 174 valence electrons. The summed E-state index contributed by atoms with van der Waals surface area (Å²) in [5.74, 6) is -0.923. The summed E-state index contributed by atoms with van der Waals surface area (Å²) in [7, 11) is 0. The highest BCUT2D eigenvalue weighted by atomic mass is 19.1. The second kappa shape index (κ2) is 8.87. The summed E-state index contributed by atoms with van der Waals surface area (Å²) >= 11 is 0. The van der Waals surface area contributed by atoms with Crippen LogP contribution in [0.5, 0.6) is 0 Å². The third-order valence-corrected chi connectivity index (χ3v) is 6.56. The molecule has 2 aromatic carbocycles. The fourth-order valence-electron chi connectivity index (χ4n) is 4.71. The van der Waals surface area contributed by atoms with Gasteiger partial charge in [0.15, 0.2) is 5.65 Å². The van der Waals surface area contributed by atoms with Gasteiger partial charge in [0, 0.05) is 23.2 Å². The summed E-state index contributed by atoms with van der Waals surface area (Å²) in [5, 5.41) is 12.5. The molecule has 1 aliphatic rings. The van der Waals surface area contributed by atoms with Crippen molar-refractivity contribution in [2.75, 3.05) is 0 Å². The standard InChI is InChI=1S/C27H23FN6O/c28-22-15-19(8-9-21(22)27(35)30-20-5-1-2-6-20)24-11-12-25-26(31-24)34(33-32-25)16-17-7-10-23-18(14-17)4-3-13-29-23/h3-4,7-15,20H,1-2,5-6,16H2,(H,30,35). The average Bonchev–Trinajstić information content (AvgIpc) is 3.53. The first kappa shape index (κ1) is 21.3. The lowest BCUT2D eigenvalue weighted by atomic mass is 10.1. The first-order valence-electron chi connectivity index (χ1n) is 11.8. The number of amides is 1. The van der Waals surface area contributed by atoms with Gasteiger partial charge in [0.2, 0.25) is 0 Å². The topological polar surface area (TPSA) is 85.6 Å². The van der Waals surface area contributed by atoms with Gasteiger partial charge >= 0.3 is 0 Å². The molecule has 3 aromatic heterocycles. The van der Waals surface area contributed by atoms with E-state index in [1.807, 2.05) is 30.3 Å². The van der Waals surface area contributed by atoms with Crippen molar-refractivity contribution in [3.63, 3.8) is 0 Å². The van der Waals surface area contributed by atoms with Gasteiger partial charge in [-0.25, -0.2) is 14.1 Å². The van der Waals surface area contributed by atoms with Crippen molar-refractivity contribution in [1.29, 1.82) is 0 Å². The molecule has 8 heteroatoms. The average molecular weight is 467 g/mol. The lowest BCUT2D eigenvalue weighted by Crippen LogP contribution is -2.33. The summed E-state index contributed by atoms with van der Waals surface area (Å²) in [4.78, 5) is 21.6. The molecule has 1 amide bonds. The van der Waals surface area contributed by atoms with Gasteiger partial charge in [0.05, 0.1) is 23.3 Å². The van der Waals surface area contributed by atoms with E-state index in [1.54, 1.807) is 23.0 Å². The molecule has 1 N–H and O–H groups in total. The Morgan fingerprint density at radius 1 is 1.03 bits per heavy atom. The second-order valence-electron chi connectivity index (χ2n) is 8.97. The van der Waals surface area contributed by atoms with Gasteiger partial charge in [-0.15, -0.1) is 5.10 Å². The third kappa shape index (κ3) is 4.23. The number of fused-ring (bicyclic) bond motifs is 2. The van der Waals surface area contributed by atoms with E-state index in [0.29, 0.717) is 29.0 Å². The lowest BCUT2D eigenvalue weighted by Gasteiger charge is -2.12. The molecule has 5 aromatic rings. The van der Waals surface area contributed by atoms with E-state index in [4.69, 9.17) is 4.98 Å². The van der Waals surface area contributed by atoms with Crippen molar-refractivity contribution < 1.29 is 9.18 Å². The molecule has 35 heavy (non-hydrogen) atoms. The normalized spacial score (nSPS) is 14.1. The Bertz CT molecular complexity index is 1560. The van der Waals surface area contributed by atoms with Crippen molar-refractivity contribution in [3.8, 4) is 11.3 Å². The molecule has 3 heterocycles. The van der Waals surface area contributed by atoms with Crippen molar-refractivity contribution in [1.82, 2.24) is 30.3 Å². The Hall–Kier alpha value is -4.20. The summed E-state index contributed by atoms with van der Waals surface area (Å²) < 4.78 is 16.6. The van der Waals surface area contributed by atoms with Gasteiger partial charge in [-0.05, 0) is 60.9 Å². The SMILES string of the molecule is O=C(NC1CCCC1)c1ccc(-c2ccc3nnn(Cc4ccc5ncccc5c4)c3n2)cc1F. The minimum atomic E-state index is -0.559. The molecule has 6 rings (SSSR count). The molecule has 1 aliphatic carbocycles. The molecule has 0 radical (unpaired) electrons. The van der Waals surface area contributed by atoms with Crippen LogP contribution in [0, 0.1) is 5.82 Å². The molecule has 7 nitrogen and oxygen atoms in total. The first-order valence-corrected chi connectivity index (χ1v) is 11.8. The summed E-state index contributed by atoms with van der Waals surface area (Å²) in [6.07, 6.45) is 5.88. The second-order valence-corrected chi connectivity index (χ2v) is 8.97. The highest BCUT2D eigenvalue weighted by molar-refractivity contribution is 5.95. The van der Waals surface area contributed by atoms with Crippen LogP contribution in [0.2, 0.25) is 0 Å². The Balaban J connectivity index is 1.27. The number of halogens is 1. The molecule has 0 saturated heterocycles. The predicted molar refractivity (Wildman–Crippen MR) is 131 cm³/mol. The van der Waals surface area contributed by atoms with E-state index in [2.05, 4.69) is 26.7 Å². The van der Waals surface area contributed by atoms with Crippen LogP contribution in [0.1, 0.15) is 41.6 Å². The van der Waals surface area contributed by atoms with Crippen LogP contribution in [0.25, 0.3) is 33.3 Å². The minimum Gasteiger partial charge on any atom is -0.349 e. The maximum atomic E-state index is 14.9. The summed E-state index contributed by atoms with van der Waals surface area (Å²) in [5.41, 5.74) is 4.48. The predicted octanol–water partition coefficient (Wildman–Crippen LogP) is 4.90. The smallest absolute Gasteiger partial charge is 0.254 e. The van der Waals surface area contributed by atoms with E-state index in [-0.39, 0.29) is 17.5 Å². The zero-order chi connectivity index (χ0) is 23.8. The largest absolute Gasteiger partial charge is 0.349 e. The van der Waals surface area contributed by atoms with Crippen molar-refractivity contribution in [3.05, 3.63) is 83.8 Å². The van der Waals surface area contributed by atoms with Gasteiger partial charge < -0.3 is 5.32 Å². The van der Waals surface area contributed by atoms with Crippen LogP contribution < -0.4 is 5.32 Å². The number of rotatable bonds is 5. The number of benzene rings is 2.